The fourth-order valence-corrected chi connectivity index (χ4v) is 2.97. The number of fused-ring (bicyclic) bond motifs is 4. The van der Waals surface area contributed by atoms with Gasteiger partial charge in [0.1, 0.15) is 5.75 Å². The topological polar surface area (TPSA) is 41.7 Å². The highest BCUT2D eigenvalue weighted by atomic mass is 16.5. The Morgan fingerprint density at radius 3 is 2.43 bits per heavy atom. The van der Waals surface area contributed by atoms with Crippen LogP contribution in [0.4, 0.5) is 5.69 Å². The molecule has 2 atom stereocenters. The lowest BCUT2D eigenvalue weighted by Crippen LogP contribution is -2.48. The molecule has 4 rings (SSSR count). The van der Waals surface area contributed by atoms with Crippen LogP contribution in [0.1, 0.15) is 27.7 Å². The Kier molecular flexibility index (Phi) is 3.00. The second kappa shape index (κ2) is 4.65. The minimum atomic E-state index is -0.888. The highest BCUT2D eigenvalue weighted by Gasteiger charge is 2.57. The molecule has 2 aromatic rings. The first kappa shape index (κ1) is 14.9. The molecule has 0 spiro atoms. The summed E-state index contributed by atoms with van der Waals surface area (Å²) in [5.41, 5.74) is -0.346. The molecule has 1 N–H and O–H groups in total. The zero-order valence-electron chi connectivity index (χ0n) is 14.0. The van der Waals surface area contributed by atoms with Gasteiger partial charge in [-0.3, -0.25) is 0 Å². The van der Waals surface area contributed by atoms with E-state index in [1.54, 1.807) is 13.8 Å². The molecule has 2 aromatic carbocycles. The minimum Gasteiger partial charge on any atom is -0.467 e. The van der Waals surface area contributed by atoms with Gasteiger partial charge in [0.25, 0.3) is 0 Å². The van der Waals surface area contributed by atoms with Crippen molar-refractivity contribution >= 4 is 23.9 Å². The SMILES string of the molecule is CC(C)(O)C(C)(C)OB[C@H]1[C@H]2Oc3cc4ccccc4cc3N21. The van der Waals surface area contributed by atoms with E-state index in [2.05, 4.69) is 35.2 Å². The van der Waals surface area contributed by atoms with Crippen LogP contribution in [0.2, 0.25) is 0 Å². The van der Waals surface area contributed by atoms with E-state index < -0.39 is 11.2 Å². The molecule has 0 aromatic heterocycles. The van der Waals surface area contributed by atoms with Crippen molar-refractivity contribution in [2.75, 3.05) is 4.90 Å². The zero-order valence-corrected chi connectivity index (χ0v) is 14.0. The highest BCUT2D eigenvalue weighted by molar-refractivity contribution is 6.34. The number of hydrogen-bond acceptors (Lipinski definition) is 4. The highest BCUT2D eigenvalue weighted by Crippen LogP contribution is 2.50. The number of aliphatic hydroxyl groups is 1. The molecule has 1 saturated heterocycles. The maximum atomic E-state index is 10.2. The average molecular weight is 311 g/mol. The van der Waals surface area contributed by atoms with E-state index in [4.69, 9.17) is 9.39 Å². The lowest BCUT2D eigenvalue weighted by molar-refractivity contribution is -0.0906. The summed E-state index contributed by atoms with van der Waals surface area (Å²) in [5.74, 6) is 1.18. The van der Waals surface area contributed by atoms with Gasteiger partial charge in [-0.1, -0.05) is 24.3 Å². The molecule has 0 saturated carbocycles. The van der Waals surface area contributed by atoms with Crippen molar-refractivity contribution in [3.8, 4) is 5.75 Å². The van der Waals surface area contributed by atoms with Gasteiger partial charge >= 0.3 is 7.48 Å². The molecule has 0 aliphatic carbocycles. The Morgan fingerprint density at radius 2 is 1.78 bits per heavy atom. The van der Waals surface area contributed by atoms with Crippen LogP contribution in [0.15, 0.2) is 36.4 Å². The molecule has 2 heterocycles. The fraction of sp³-hybridized carbons (Fsp3) is 0.444. The maximum Gasteiger partial charge on any atom is 0.305 e. The van der Waals surface area contributed by atoms with Crippen LogP contribution < -0.4 is 9.64 Å². The number of anilines is 1. The molecular formula is C18H22BNO3. The third-order valence-electron chi connectivity index (χ3n) is 5.31. The lowest BCUT2D eigenvalue weighted by Gasteiger charge is -2.37. The lowest BCUT2D eigenvalue weighted by atomic mass is 9.84. The van der Waals surface area contributed by atoms with E-state index in [0.29, 0.717) is 7.48 Å². The van der Waals surface area contributed by atoms with E-state index in [1.165, 1.54) is 10.8 Å². The fourth-order valence-electron chi connectivity index (χ4n) is 2.97. The molecule has 2 aliphatic heterocycles. The largest absolute Gasteiger partial charge is 0.467 e. The second-order valence-electron chi connectivity index (χ2n) is 7.53. The predicted octanol–water partition coefficient (Wildman–Crippen LogP) is 2.62. The summed E-state index contributed by atoms with van der Waals surface area (Å²) in [5, 5.41) is 12.6. The van der Waals surface area contributed by atoms with Crippen LogP contribution in [0, 0.1) is 0 Å². The Balaban J connectivity index is 1.51. The van der Waals surface area contributed by atoms with Crippen molar-refractivity contribution < 1.29 is 14.5 Å². The predicted molar refractivity (Wildman–Crippen MR) is 93.2 cm³/mol. The van der Waals surface area contributed by atoms with Gasteiger partial charge in [-0.15, -0.1) is 0 Å². The third-order valence-corrected chi connectivity index (χ3v) is 5.31. The normalized spacial score (nSPS) is 22.6. The van der Waals surface area contributed by atoms with Gasteiger partial charge in [-0.05, 0) is 50.6 Å². The van der Waals surface area contributed by atoms with E-state index in [0.717, 1.165) is 11.4 Å². The minimum absolute atomic E-state index is 0.0689. The van der Waals surface area contributed by atoms with Gasteiger partial charge in [-0.25, -0.2) is 0 Å². The molecule has 0 radical (unpaired) electrons. The molecule has 2 aliphatic rings. The molecule has 0 bridgehead atoms. The molecule has 23 heavy (non-hydrogen) atoms. The first-order chi connectivity index (χ1) is 10.8. The quantitative estimate of drug-likeness (QED) is 0.696. The molecule has 0 amide bonds. The van der Waals surface area contributed by atoms with Crippen LogP contribution in [0.5, 0.6) is 5.75 Å². The monoisotopic (exact) mass is 311 g/mol. The third kappa shape index (κ3) is 2.30. The molecule has 5 heteroatoms. The maximum absolute atomic E-state index is 10.2. The van der Waals surface area contributed by atoms with Gasteiger partial charge in [0.05, 0.1) is 22.8 Å². The van der Waals surface area contributed by atoms with Crippen molar-refractivity contribution in [2.24, 2.45) is 0 Å². The molecule has 4 nitrogen and oxygen atoms in total. The van der Waals surface area contributed by atoms with E-state index >= 15 is 0 Å². The van der Waals surface area contributed by atoms with E-state index in [1.807, 2.05) is 19.9 Å². The van der Waals surface area contributed by atoms with Gasteiger partial charge in [-0.2, -0.15) is 0 Å². The van der Waals surface area contributed by atoms with Crippen LogP contribution >= 0.6 is 0 Å². The van der Waals surface area contributed by atoms with Crippen LogP contribution in [-0.2, 0) is 4.65 Å². The van der Waals surface area contributed by atoms with Gasteiger partial charge in [0, 0.05) is 0 Å². The zero-order chi connectivity index (χ0) is 16.4. The summed E-state index contributed by atoms with van der Waals surface area (Å²) in [6.07, 6.45) is 0.0689. The second-order valence-corrected chi connectivity index (χ2v) is 7.53. The van der Waals surface area contributed by atoms with Crippen molar-refractivity contribution in [2.45, 2.75) is 51.1 Å². The number of ether oxygens (including phenoxy) is 1. The Morgan fingerprint density at radius 1 is 1.13 bits per heavy atom. The van der Waals surface area contributed by atoms with Crippen molar-refractivity contribution in [1.82, 2.24) is 0 Å². The van der Waals surface area contributed by atoms with Crippen LogP contribution in [0.25, 0.3) is 10.8 Å². The Hall–Kier alpha value is -1.72. The van der Waals surface area contributed by atoms with Crippen LogP contribution in [0.3, 0.4) is 0 Å². The van der Waals surface area contributed by atoms with Gasteiger partial charge < -0.3 is 19.4 Å². The molecular weight excluding hydrogens is 289 g/mol. The molecule has 1 fully saturated rings. The smallest absolute Gasteiger partial charge is 0.305 e. The summed E-state index contributed by atoms with van der Waals surface area (Å²) in [6, 6.07) is 12.6. The van der Waals surface area contributed by atoms with Crippen molar-refractivity contribution in [3.05, 3.63) is 36.4 Å². The van der Waals surface area contributed by atoms with E-state index in [9.17, 15) is 5.11 Å². The number of nitrogens with zero attached hydrogens (tertiary/aromatic N) is 1. The molecule has 0 unspecified atom stereocenters. The summed E-state index contributed by atoms with van der Waals surface area (Å²) in [4.78, 5) is 2.25. The summed E-state index contributed by atoms with van der Waals surface area (Å²) in [6.45, 7) is 7.39. The van der Waals surface area contributed by atoms with Crippen molar-refractivity contribution in [1.29, 1.82) is 0 Å². The summed E-state index contributed by atoms with van der Waals surface area (Å²) in [7, 11) is 0.550. The number of rotatable bonds is 4. The Labute approximate surface area is 137 Å². The standard InChI is InChI=1S/C18H22BNO3/c1-17(2,21)18(3,4)23-19-15-16-20(15)13-9-11-7-5-6-8-12(11)10-14(13)22-16/h5-10,15-16,19,21H,1-4H3/t15-,16-,20?/m1/s1. The first-order valence-corrected chi connectivity index (χ1v) is 8.12. The summed E-state index contributed by atoms with van der Waals surface area (Å²) < 4.78 is 12.0. The summed E-state index contributed by atoms with van der Waals surface area (Å²) >= 11 is 0. The van der Waals surface area contributed by atoms with E-state index in [-0.39, 0.29) is 12.2 Å². The van der Waals surface area contributed by atoms with Crippen molar-refractivity contribution in [3.63, 3.8) is 0 Å². The van der Waals surface area contributed by atoms with Gasteiger partial charge in [0.15, 0.2) is 6.23 Å². The number of hydrogen-bond donors (Lipinski definition) is 1. The Bertz CT molecular complexity index is 768. The first-order valence-electron chi connectivity index (χ1n) is 8.12. The number of benzene rings is 2. The van der Waals surface area contributed by atoms with Gasteiger partial charge in [0.2, 0.25) is 0 Å². The van der Waals surface area contributed by atoms with Crippen LogP contribution in [-0.4, -0.2) is 36.0 Å². The molecule has 120 valence electrons. The average Bonchev–Trinajstić information content (AvgIpc) is 3.03.